The average molecular weight is 352 g/mol. The summed E-state index contributed by atoms with van der Waals surface area (Å²) >= 11 is 1.35. The lowest BCUT2D eigenvalue weighted by Crippen LogP contribution is -2.42. The maximum atomic E-state index is 12.4. The summed E-state index contributed by atoms with van der Waals surface area (Å²) in [5, 5.41) is 6.05. The second kappa shape index (κ2) is 6.93. The van der Waals surface area contributed by atoms with E-state index in [0.29, 0.717) is 10.6 Å². The molecule has 1 heterocycles. The molecule has 1 aliphatic carbocycles. The van der Waals surface area contributed by atoms with Gasteiger partial charge in [0.05, 0.1) is 5.56 Å². The van der Waals surface area contributed by atoms with Crippen LogP contribution in [0.2, 0.25) is 0 Å². The van der Waals surface area contributed by atoms with Gasteiger partial charge in [0.15, 0.2) is 6.61 Å². The predicted molar refractivity (Wildman–Crippen MR) is 93.3 cm³/mol. The van der Waals surface area contributed by atoms with Crippen LogP contribution in [0.1, 0.15) is 54.4 Å². The number of carbonyl (C=O) groups excluding carboxylic acids is 3. The first kappa shape index (κ1) is 18.4. The SMILES string of the molecule is Cc1sc(NC(=O)C2CC2)c(C(=O)OCC(=O)NC(C)(C)C)c1C. The number of anilines is 1. The number of carbonyl (C=O) groups is 3. The van der Waals surface area contributed by atoms with Crippen LogP contribution in [0.25, 0.3) is 0 Å². The summed E-state index contributed by atoms with van der Waals surface area (Å²) in [5.74, 6) is -0.957. The van der Waals surface area contributed by atoms with Crippen molar-refractivity contribution in [1.29, 1.82) is 0 Å². The van der Waals surface area contributed by atoms with Gasteiger partial charge in [0.25, 0.3) is 5.91 Å². The van der Waals surface area contributed by atoms with Gasteiger partial charge in [-0.05, 0) is 53.0 Å². The molecular weight excluding hydrogens is 328 g/mol. The van der Waals surface area contributed by atoms with E-state index in [1.165, 1.54) is 11.3 Å². The van der Waals surface area contributed by atoms with Gasteiger partial charge < -0.3 is 15.4 Å². The molecule has 0 bridgehead atoms. The van der Waals surface area contributed by atoms with Crippen LogP contribution in [0.3, 0.4) is 0 Å². The number of thiophene rings is 1. The maximum absolute atomic E-state index is 12.4. The zero-order valence-corrected chi connectivity index (χ0v) is 15.6. The van der Waals surface area contributed by atoms with Crippen LogP contribution < -0.4 is 10.6 Å². The van der Waals surface area contributed by atoms with Gasteiger partial charge in [-0.15, -0.1) is 11.3 Å². The van der Waals surface area contributed by atoms with Crippen molar-refractivity contribution in [3.63, 3.8) is 0 Å². The summed E-state index contributed by atoms with van der Waals surface area (Å²) in [5.41, 5.74) is 0.726. The summed E-state index contributed by atoms with van der Waals surface area (Å²) in [6.45, 7) is 8.90. The second-order valence-electron chi connectivity index (χ2n) is 7.13. The first-order chi connectivity index (χ1) is 11.1. The average Bonchev–Trinajstić information content (AvgIpc) is 3.23. The number of esters is 1. The molecule has 1 aromatic heterocycles. The molecule has 0 radical (unpaired) electrons. The predicted octanol–water partition coefficient (Wildman–Crippen LogP) is 2.78. The quantitative estimate of drug-likeness (QED) is 0.798. The third-order valence-electron chi connectivity index (χ3n) is 3.62. The van der Waals surface area contributed by atoms with Gasteiger partial charge >= 0.3 is 5.97 Å². The van der Waals surface area contributed by atoms with Crippen LogP contribution in [0.4, 0.5) is 5.00 Å². The smallest absolute Gasteiger partial charge is 0.341 e. The summed E-state index contributed by atoms with van der Waals surface area (Å²) in [6.07, 6.45) is 1.78. The number of rotatable bonds is 5. The number of amides is 2. The van der Waals surface area contributed by atoms with E-state index in [9.17, 15) is 14.4 Å². The molecule has 0 aliphatic heterocycles. The van der Waals surface area contributed by atoms with Crippen molar-refractivity contribution in [2.45, 2.75) is 53.0 Å². The third-order valence-corrected chi connectivity index (χ3v) is 4.75. The molecule has 1 aliphatic rings. The van der Waals surface area contributed by atoms with Crippen molar-refractivity contribution >= 4 is 34.1 Å². The molecular formula is C17H24N2O4S. The number of aryl methyl sites for hydroxylation is 1. The van der Waals surface area contributed by atoms with Crippen molar-refractivity contribution in [3.05, 3.63) is 16.0 Å². The van der Waals surface area contributed by atoms with Crippen molar-refractivity contribution < 1.29 is 19.1 Å². The zero-order chi connectivity index (χ0) is 18.1. The first-order valence-electron chi connectivity index (χ1n) is 7.97. The van der Waals surface area contributed by atoms with Crippen molar-refractivity contribution in [1.82, 2.24) is 5.32 Å². The van der Waals surface area contributed by atoms with Gasteiger partial charge in [0.1, 0.15) is 5.00 Å². The van der Waals surface area contributed by atoms with E-state index in [1.807, 2.05) is 34.6 Å². The molecule has 2 N–H and O–H groups in total. The summed E-state index contributed by atoms with van der Waals surface area (Å²) in [7, 11) is 0. The Morgan fingerprint density at radius 1 is 1.21 bits per heavy atom. The molecule has 0 atom stereocenters. The Morgan fingerprint density at radius 2 is 1.83 bits per heavy atom. The maximum Gasteiger partial charge on any atom is 0.341 e. The highest BCUT2D eigenvalue weighted by molar-refractivity contribution is 7.16. The van der Waals surface area contributed by atoms with Crippen molar-refractivity contribution in [3.8, 4) is 0 Å². The number of nitrogens with one attached hydrogen (secondary N) is 2. The highest BCUT2D eigenvalue weighted by Crippen LogP contribution is 2.36. The number of hydrogen-bond donors (Lipinski definition) is 2. The molecule has 24 heavy (non-hydrogen) atoms. The highest BCUT2D eigenvalue weighted by Gasteiger charge is 2.31. The fraction of sp³-hybridized carbons (Fsp3) is 0.588. The second-order valence-corrected chi connectivity index (χ2v) is 8.35. The standard InChI is InChI=1S/C17H24N2O4S/c1-9-10(2)24-15(18-14(21)11-6-7-11)13(9)16(22)23-8-12(20)19-17(3,4)5/h11H,6-8H2,1-5H3,(H,18,21)(H,19,20). The van der Waals surface area contributed by atoms with Crippen LogP contribution in [0.15, 0.2) is 0 Å². The molecule has 7 heteroatoms. The van der Waals surface area contributed by atoms with Gasteiger partial charge in [-0.2, -0.15) is 0 Å². The minimum absolute atomic E-state index is 0.0501. The Morgan fingerprint density at radius 3 is 2.38 bits per heavy atom. The molecule has 1 saturated carbocycles. The molecule has 2 amide bonds. The minimum atomic E-state index is -0.591. The third kappa shape index (κ3) is 4.80. The number of hydrogen-bond acceptors (Lipinski definition) is 5. The van der Waals surface area contributed by atoms with E-state index < -0.39 is 5.97 Å². The monoisotopic (exact) mass is 352 g/mol. The lowest BCUT2D eigenvalue weighted by atomic mass is 10.1. The largest absolute Gasteiger partial charge is 0.452 e. The molecule has 132 valence electrons. The molecule has 0 aromatic carbocycles. The highest BCUT2D eigenvalue weighted by atomic mass is 32.1. The lowest BCUT2D eigenvalue weighted by molar-refractivity contribution is -0.125. The van der Waals surface area contributed by atoms with Gasteiger partial charge in [0, 0.05) is 16.3 Å². The van der Waals surface area contributed by atoms with E-state index in [-0.39, 0.29) is 29.9 Å². The molecule has 0 saturated heterocycles. The summed E-state index contributed by atoms with van der Waals surface area (Å²) in [4.78, 5) is 37.1. The molecule has 0 unspecified atom stereocenters. The Labute approximate surface area is 146 Å². The summed E-state index contributed by atoms with van der Waals surface area (Å²) in [6, 6.07) is 0. The van der Waals surface area contributed by atoms with Gasteiger partial charge in [-0.1, -0.05) is 0 Å². The molecule has 1 fully saturated rings. The van der Waals surface area contributed by atoms with Gasteiger partial charge in [-0.25, -0.2) is 4.79 Å². The Hall–Kier alpha value is -1.89. The summed E-state index contributed by atoms with van der Waals surface area (Å²) < 4.78 is 5.13. The fourth-order valence-corrected chi connectivity index (χ4v) is 3.23. The van der Waals surface area contributed by atoms with Crippen LogP contribution in [-0.4, -0.2) is 29.9 Å². The van der Waals surface area contributed by atoms with E-state index in [1.54, 1.807) is 0 Å². The zero-order valence-electron chi connectivity index (χ0n) is 14.7. The first-order valence-corrected chi connectivity index (χ1v) is 8.79. The topological polar surface area (TPSA) is 84.5 Å². The lowest BCUT2D eigenvalue weighted by Gasteiger charge is -2.20. The van der Waals surface area contributed by atoms with E-state index in [4.69, 9.17) is 4.74 Å². The number of ether oxygens (including phenoxy) is 1. The molecule has 0 spiro atoms. The Balaban J connectivity index is 2.05. The van der Waals surface area contributed by atoms with Crippen LogP contribution in [0, 0.1) is 19.8 Å². The van der Waals surface area contributed by atoms with Gasteiger partial charge in [-0.3, -0.25) is 9.59 Å². The van der Waals surface area contributed by atoms with Gasteiger partial charge in [0.2, 0.25) is 5.91 Å². The van der Waals surface area contributed by atoms with Crippen LogP contribution in [-0.2, 0) is 14.3 Å². The van der Waals surface area contributed by atoms with E-state index in [0.717, 1.165) is 23.3 Å². The van der Waals surface area contributed by atoms with Crippen LogP contribution in [0.5, 0.6) is 0 Å². The normalized spacial score (nSPS) is 14.2. The Kier molecular flexibility index (Phi) is 5.32. The van der Waals surface area contributed by atoms with Crippen LogP contribution >= 0.6 is 11.3 Å². The molecule has 1 aromatic rings. The minimum Gasteiger partial charge on any atom is -0.452 e. The van der Waals surface area contributed by atoms with Crippen molar-refractivity contribution in [2.24, 2.45) is 5.92 Å². The van der Waals surface area contributed by atoms with E-state index >= 15 is 0 Å². The fourth-order valence-electron chi connectivity index (χ4n) is 2.18. The Bertz CT molecular complexity index is 669. The molecule has 2 rings (SSSR count). The van der Waals surface area contributed by atoms with E-state index in [2.05, 4.69) is 10.6 Å². The van der Waals surface area contributed by atoms with Crippen molar-refractivity contribution in [2.75, 3.05) is 11.9 Å². The molecule has 6 nitrogen and oxygen atoms in total.